The van der Waals surface area contributed by atoms with Crippen molar-refractivity contribution in [2.75, 3.05) is 13.6 Å². The van der Waals surface area contributed by atoms with E-state index in [1.54, 1.807) is 12.1 Å². The third-order valence-electron chi connectivity index (χ3n) is 3.16. The van der Waals surface area contributed by atoms with E-state index in [0.717, 1.165) is 5.56 Å². The van der Waals surface area contributed by atoms with Crippen molar-refractivity contribution in [2.45, 2.75) is 12.6 Å². The predicted octanol–water partition coefficient (Wildman–Crippen LogP) is 4.07. The third kappa shape index (κ3) is 4.97. The lowest BCUT2D eigenvalue weighted by molar-refractivity contribution is 0.123. The van der Waals surface area contributed by atoms with Crippen LogP contribution < -0.4 is 0 Å². The van der Waals surface area contributed by atoms with Crippen LogP contribution in [-0.4, -0.2) is 23.6 Å². The van der Waals surface area contributed by atoms with Crippen molar-refractivity contribution >= 4 is 24.0 Å². The number of hydrogen-bond donors (Lipinski definition) is 1. The average Bonchev–Trinajstić information content (AvgIpc) is 2.44. The molecule has 0 bridgehead atoms. The molecule has 0 heterocycles. The third-order valence-corrected chi connectivity index (χ3v) is 3.51. The summed E-state index contributed by atoms with van der Waals surface area (Å²) in [5, 5.41) is 10.5. The van der Waals surface area contributed by atoms with Crippen LogP contribution in [0.2, 0.25) is 5.02 Å². The normalized spacial score (nSPS) is 12.0. The maximum atomic E-state index is 13.7. The van der Waals surface area contributed by atoms with Gasteiger partial charge in [-0.15, -0.1) is 12.4 Å². The van der Waals surface area contributed by atoms with E-state index in [-0.39, 0.29) is 18.2 Å². The first-order valence-electron chi connectivity index (χ1n) is 6.42. The van der Waals surface area contributed by atoms with Crippen molar-refractivity contribution in [3.8, 4) is 0 Å². The molecule has 0 amide bonds. The maximum absolute atomic E-state index is 13.7. The smallest absolute Gasteiger partial charge is 0.129 e. The Bertz CT molecular complexity index is 545. The Morgan fingerprint density at radius 1 is 1.14 bits per heavy atom. The highest BCUT2D eigenvalue weighted by molar-refractivity contribution is 6.31. The minimum absolute atomic E-state index is 0. The molecule has 0 aromatic heterocycles. The molecule has 0 aliphatic carbocycles. The van der Waals surface area contributed by atoms with Crippen LogP contribution in [0.25, 0.3) is 0 Å². The summed E-state index contributed by atoms with van der Waals surface area (Å²) in [5.74, 6) is -0.321. The van der Waals surface area contributed by atoms with Gasteiger partial charge in [-0.1, -0.05) is 48.0 Å². The Morgan fingerprint density at radius 2 is 1.81 bits per heavy atom. The summed E-state index contributed by atoms with van der Waals surface area (Å²) in [7, 11) is 1.83. The molecule has 0 spiro atoms. The summed E-state index contributed by atoms with van der Waals surface area (Å²) in [4.78, 5) is 1.85. The van der Waals surface area contributed by atoms with Crippen LogP contribution >= 0.6 is 24.0 Å². The SMILES string of the molecule is CN(Cc1c(F)cccc1Cl)CC(O)c1ccccc1.Cl. The van der Waals surface area contributed by atoms with Gasteiger partial charge in [-0.25, -0.2) is 4.39 Å². The van der Waals surface area contributed by atoms with Crippen LogP contribution in [0.3, 0.4) is 0 Å². The lowest BCUT2D eigenvalue weighted by Gasteiger charge is -2.21. The molecule has 21 heavy (non-hydrogen) atoms. The second-order valence-corrected chi connectivity index (χ2v) is 5.23. The second-order valence-electron chi connectivity index (χ2n) is 4.82. The van der Waals surface area contributed by atoms with Gasteiger partial charge in [0.05, 0.1) is 6.10 Å². The van der Waals surface area contributed by atoms with E-state index in [1.165, 1.54) is 6.07 Å². The van der Waals surface area contributed by atoms with E-state index in [9.17, 15) is 9.50 Å². The number of aliphatic hydroxyl groups excluding tert-OH is 1. The van der Waals surface area contributed by atoms with E-state index >= 15 is 0 Å². The van der Waals surface area contributed by atoms with Gasteiger partial charge in [-0.05, 0) is 24.7 Å². The van der Waals surface area contributed by atoms with Gasteiger partial charge in [0.1, 0.15) is 5.82 Å². The molecule has 2 rings (SSSR count). The first-order valence-corrected chi connectivity index (χ1v) is 6.80. The van der Waals surface area contributed by atoms with Crippen molar-refractivity contribution in [3.05, 3.63) is 70.5 Å². The molecule has 1 unspecified atom stereocenters. The number of halogens is 3. The average molecular weight is 330 g/mol. The van der Waals surface area contributed by atoms with E-state index in [1.807, 2.05) is 42.3 Å². The molecule has 2 aromatic carbocycles. The van der Waals surface area contributed by atoms with Crippen LogP contribution in [0, 0.1) is 5.82 Å². The number of aliphatic hydroxyl groups is 1. The van der Waals surface area contributed by atoms with Gasteiger partial charge in [0.15, 0.2) is 0 Å². The van der Waals surface area contributed by atoms with Crippen molar-refractivity contribution in [3.63, 3.8) is 0 Å². The molecule has 2 nitrogen and oxygen atoms in total. The molecule has 1 N–H and O–H groups in total. The highest BCUT2D eigenvalue weighted by atomic mass is 35.5. The van der Waals surface area contributed by atoms with Crippen LogP contribution in [0.1, 0.15) is 17.2 Å². The molecule has 0 saturated carbocycles. The Kier molecular flexibility index (Phi) is 7.12. The zero-order valence-electron chi connectivity index (χ0n) is 11.7. The van der Waals surface area contributed by atoms with E-state index in [4.69, 9.17) is 11.6 Å². The van der Waals surface area contributed by atoms with Gasteiger partial charge in [-0.2, -0.15) is 0 Å². The molecule has 114 valence electrons. The summed E-state index contributed by atoms with van der Waals surface area (Å²) in [5.41, 5.74) is 1.30. The van der Waals surface area contributed by atoms with Gasteiger partial charge < -0.3 is 5.11 Å². The minimum atomic E-state index is -0.605. The molecule has 0 aliphatic rings. The zero-order valence-corrected chi connectivity index (χ0v) is 13.2. The topological polar surface area (TPSA) is 23.5 Å². The first-order chi connectivity index (χ1) is 9.58. The molecule has 1 atom stereocenters. The fourth-order valence-electron chi connectivity index (χ4n) is 2.09. The van der Waals surface area contributed by atoms with Crippen LogP contribution in [0.15, 0.2) is 48.5 Å². The molecule has 2 aromatic rings. The van der Waals surface area contributed by atoms with Gasteiger partial charge in [0.2, 0.25) is 0 Å². The zero-order chi connectivity index (χ0) is 14.5. The second kappa shape index (κ2) is 8.35. The number of benzene rings is 2. The highest BCUT2D eigenvalue weighted by Gasteiger charge is 2.14. The summed E-state index contributed by atoms with van der Waals surface area (Å²) < 4.78 is 13.7. The van der Waals surface area contributed by atoms with Gasteiger partial charge >= 0.3 is 0 Å². The summed E-state index contributed by atoms with van der Waals surface area (Å²) in [6, 6.07) is 14.0. The van der Waals surface area contributed by atoms with E-state index < -0.39 is 6.10 Å². The summed E-state index contributed by atoms with van der Waals surface area (Å²) in [6.45, 7) is 0.768. The maximum Gasteiger partial charge on any atom is 0.129 e. The monoisotopic (exact) mass is 329 g/mol. The number of rotatable bonds is 5. The lowest BCUT2D eigenvalue weighted by Crippen LogP contribution is -2.24. The quantitative estimate of drug-likeness (QED) is 0.893. The minimum Gasteiger partial charge on any atom is -0.387 e. The van der Waals surface area contributed by atoms with Crippen LogP contribution in [0.4, 0.5) is 4.39 Å². The molecule has 0 saturated heterocycles. The van der Waals surface area contributed by atoms with Crippen molar-refractivity contribution in [1.29, 1.82) is 0 Å². The first kappa shape index (κ1) is 17.9. The Labute approximate surface area is 135 Å². The largest absolute Gasteiger partial charge is 0.387 e. The standard InChI is InChI=1S/C16H17ClFNO.ClH/c1-19(10-13-14(17)8-5-9-15(13)18)11-16(20)12-6-3-2-4-7-12;/h2-9,16,20H,10-11H2,1H3;1H. The summed E-state index contributed by atoms with van der Waals surface area (Å²) >= 11 is 6.00. The number of nitrogens with zero attached hydrogens (tertiary/aromatic N) is 1. The lowest BCUT2D eigenvalue weighted by atomic mass is 10.1. The predicted molar refractivity (Wildman–Crippen MR) is 86.4 cm³/mol. The number of hydrogen-bond acceptors (Lipinski definition) is 2. The molecule has 0 fully saturated rings. The Hall–Kier alpha value is -1.13. The van der Waals surface area contributed by atoms with Gasteiger partial charge in [-0.3, -0.25) is 4.90 Å². The van der Waals surface area contributed by atoms with Crippen LogP contribution in [0.5, 0.6) is 0 Å². The fourth-order valence-corrected chi connectivity index (χ4v) is 2.32. The van der Waals surface area contributed by atoms with E-state index in [0.29, 0.717) is 23.7 Å². The molecular weight excluding hydrogens is 312 g/mol. The summed E-state index contributed by atoms with van der Waals surface area (Å²) in [6.07, 6.45) is -0.605. The Morgan fingerprint density at radius 3 is 2.43 bits per heavy atom. The molecule has 0 radical (unpaired) electrons. The van der Waals surface area contributed by atoms with E-state index in [2.05, 4.69) is 0 Å². The number of likely N-dealkylation sites (N-methyl/N-ethyl adjacent to an activating group) is 1. The highest BCUT2D eigenvalue weighted by Crippen LogP contribution is 2.21. The van der Waals surface area contributed by atoms with Crippen molar-refractivity contribution in [2.24, 2.45) is 0 Å². The van der Waals surface area contributed by atoms with Gasteiger partial charge in [0.25, 0.3) is 0 Å². The molecule has 0 aliphatic heterocycles. The molecule has 5 heteroatoms. The van der Waals surface area contributed by atoms with Gasteiger partial charge in [0, 0.05) is 23.7 Å². The Balaban J connectivity index is 0.00000220. The van der Waals surface area contributed by atoms with Crippen molar-refractivity contribution in [1.82, 2.24) is 4.90 Å². The fraction of sp³-hybridized carbons (Fsp3) is 0.250. The molecular formula is C16H18Cl2FNO. The van der Waals surface area contributed by atoms with Crippen molar-refractivity contribution < 1.29 is 9.50 Å². The van der Waals surface area contributed by atoms with Crippen LogP contribution in [-0.2, 0) is 6.54 Å².